The second-order valence-corrected chi connectivity index (χ2v) is 24.9. The molecule has 0 heterocycles. The summed E-state index contributed by atoms with van der Waals surface area (Å²) in [6.07, 6.45) is 92.7. The lowest BCUT2D eigenvalue weighted by molar-refractivity contribution is -0.167. The van der Waals surface area contributed by atoms with Crippen LogP contribution in [0.5, 0.6) is 0 Å². The normalized spacial score (nSPS) is 12.4. The van der Waals surface area contributed by atoms with Gasteiger partial charge in [0, 0.05) is 19.3 Å². The van der Waals surface area contributed by atoms with Crippen molar-refractivity contribution < 1.29 is 28.6 Å². The molecule has 0 aromatic heterocycles. The molecule has 0 spiro atoms. The zero-order valence-corrected chi connectivity index (χ0v) is 55.7. The molecule has 0 fully saturated rings. The van der Waals surface area contributed by atoms with E-state index in [4.69, 9.17) is 14.2 Å². The van der Waals surface area contributed by atoms with Crippen LogP contribution in [-0.4, -0.2) is 37.2 Å². The molecule has 0 radical (unpaired) electrons. The molecule has 0 N–H and O–H groups in total. The quantitative estimate of drug-likeness (QED) is 0.0261. The molecule has 6 heteroatoms. The topological polar surface area (TPSA) is 78.9 Å². The molecule has 0 aromatic rings. The largest absolute Gasteiger partial charge is 0.462 e. The Hall–Kier alpha value is -2.89. The molecule has 484 valence electrons. The van der Waals surface area contributed by atoms with Gasteiger partial charge in [-0.3, -0.25) is 14.4 Å². The van der Waals surface area contributed by atoms with Crippen molar-refractivity contribution in [3.05, 3.63) is 60.8 Å². The van der Waals surface area contributed by atoms with Gasteiger partial charge in [0.1, 0.15) is 13.2 Å². The van der Waals surface area contributed by atoms with E-state index in [9.17, 15) is 14.4 Å². The van der Waals surface area contributed by atoms with Crippen molar-refractivity contribution in [2.75, 3.05) is 13.2 Å². The van der Waals surface area contributed by atoms with Crippen LogP contribution in [0.1, 0.15) is 393 Å². The Morgan fingerprint density at radius 2 is 0.434 bits per heavy atom. The van der Waals surface area contributed by atoms with Gasteiger partial charge in [0.15, 0.2) is 6.10 Å². The van der Waals surface area contributed by atoms with Crippen LogP contribution < -0.4 is 0 Å². The summed E-state index contributed by atoms with van der Waals surface area (Å²) in [5.74, 6) is -0.850. The SMILES string of the molecule is CCCCCCC/C=C\C/C=C\C/C=C\CCCCCCCCCCCCCCC(=O)OC(COC(=O)CCCCCCCCCCC)COC(=O)CCCCCCCCCCCCCCCCCCC/C=C\C/C=C\CCCCCCC. The van der Waals surface area contributed by atoms with Gasteiger partial charge < -0.3 is 14.2 Å². The van der Waals surface area contributed by atoms with E-state index in [0.717, 1.165) is 77.0 Å². The lowest BCUT2D eigenvalue weighted by atomic mass is 10.0. The molecule has 83 heavy (non-hydrogen) atoms. The van der Waals surface area contributed by atoms with E-state index >= 15 is 0 Å². The number of esters is 3. The lowest BCUT2D eigenvalue weighted by Gasteiger charge is -2.18. The van der Waals surface area contributed by atoms with Crippen molar-refractivity contribution in [2.45, 2.75) is 399 Å². The molecule has 1 unspecified atom stereocenters. The van der Waals surface area contributed by atoms with Crippen LogP contribution in [0.2, 0.25) is 0 Å². The van der Waals surface area contributed by atoms with Crippen LogP contribution in [0.15, 0.2) is 60.8 Å². The summed E-state index contributed by atoms with van der Waals surface area (Å²) >= 11 is 0. The number of carbonyl (C=O) groups is 3. The number of hydrogen-bond donors (Lipinski definition) is 0. The maximum Gasteiger partial charge on any atom is 0.306 e. The molecular formula is C77H140O6. The van der Waals surface area contributed by atoms with E-state index in [-0.39, 0.29) is 31.1 Å². The second kappa shape index (κ2) is 71.6. The summed E-state index contributed by atoms with van der Waals surface area (Å²) in [6, 6.07) is 0. The number of rotatable bonds is 68. The Morgan fingerprint density at radius 3 is 0.675 bits per heavy atom. The van der Waals surface area contributed by atoms with Crippen molar-refractivity contribution in [3.63, 3.8) is 0 Å². The first-order chi connectivity index (χ1) is 41.0. The van der Waals surface area contributed by atoms with Gasteiger partial charge in [-0.15, -0.1) is 0 Å². The molecule has 0 aliphatic rings. The number of hydrogen-bond acceptors (Lipinski definition) is 6. The Bertz CT molecular complexity index is 1470. The second-order valence-electron chi connectivity index (χ2n) is 24.9. The minimum absolute atomic E-state index is 0.0699. The van der Waals surface area contributed by atoms with E-state index in [0.29, 0.717) is 19.3 Å². The molecule has 0 aliphatic carbocycles. The third-order valence-corrected chi connectivity index (χ3v) is 16.5. The standard InChI is InChI=1S/C77H140O6/c1-4-7-10-13-16-19-21-23-25-27-29-31-33-35-37-38-40-41-43-45-47-49-51-53-55-58-61-64-67-70-76(79)82-73-74(72-81-75(78)69-66-63-60-57-18-15-12-9-6-3)83-77(80)71-68-65-62-59-56-54-52-50-48-46-44-42-39-36-34-32-30-28-26-24-22-20-17-14-11-8-5-2/h21-24,27-30,34,36,74H,4-20,25-26,31-33,35,37-73H2,1-3H3/b23-21-,24-22-,29-27-,30-28-,36-34-. The summed E-state index contributed by atoms with van der Waals surface area (Å²) in [4.78, 5) is 38.3. The molecular weight excluding hydrogens is 1020 g/mol. The van der Waals surface area contributed by atoms with E-state index < -0.39 is 6.10 Å². The highest BCUT2D eigenvalue weighted by atomic mass is 16.6. The average molecular weight is 1160 g/mol. The highest BCUT2D eigenvalue weighted by Gasteiger charge is 2.19. The number of ether oxygens (including phenoxy) is 3. The monoisotopic (exact) mass is 1160 g/mol. The van der Waals surface area contributed by atoms with E-state index in [2.05, 4.69) is 81.5 Å². The maximum absolute atomic E-state index is 12.9. The zero-order chi connectivity index (χ0) is 59.9. The summed E-state index contributed by atoms with van der Waals surface area (Å²) in [7, 11) is 0. The fraction of sp³-hybridized carbons (Fsp3) is 0.831. The molecule has 0 bridgehead atoms. The Kier molecular flexibility index (Phi) is 69.1. The van der Waals surface area contributed by atoms with Crippen molar-refractivity contribution in [1.29, 1.82) is 0 Å². The molecule has 6 nitrogen and oxygen atoms in total. The Labute approximate surface area is 517 Å². The fourth-order valence-electron chi connectivity index (χ4n) is 11.0. The van der Waals surface area contributed by atoms with E-state index in [1.807, 2.05) is 0 Å². The number of allylic oxidation sites excluding steroid dienone is 10. The van der Waals surface area contributed by atoms with Crippen LogP contribution in [-0.2, 0) is 28.6 Å². The predicted molar refractivity (Wildman–Crippen MR) is 362 cm³/mol. The fourth-order valence-corrected chi connectivity index (χ4v) is 11.0. The lowest BCUT2D eigenvalue weighted by Crippen LogP contribution is -2.30. The minimum atomic E-state index is -0.773. The molecule has 0 rings (SSSR count). The number of unbranched alkanes of at least 4 members (excludes halogenated alkanes) is 47. The zero-order valence-electron chi connectivity index (χ0n) is 55.7. The summed E-state index contributed by atoms with van der Waals surface area (Å²) in [5.41, 5.74) is 0. The highest BCUT2D eigenvalue weighted by molar-refractivity contribution is 5.71. The van der Waals surface area contributed by atoms with Crippen LogP contribution in [0, 0.1) is 0 Å². The number of carbonyl (C=O) groups excluding carboxylic acids is 3. The molecule has 0 saturated carbocycles. The van der Waals surface area contributed by atoms with Crippen molar-refractivity contribution in [3.8, 4) is 0 Å². The summed E-state index contributed by atoms with van der Waals surface area (Å²) < 4.78 is 17.0. The van der Waals surface area contributed by atoms with Gasteiger partial charge in [0.25, 0.3) is 0 Å². The first kappa shape index (κ1) is 80.1. The molecule has 0 aliphatic heterocycles. The van der Waals surface area contributed by atoms with Gasteiger partial charge >= 0.3 is 17.9 Å². The molecule has 0 amide bonds. The smallest absolute Gasteiger partial charge is 0.306 e. The van der Waals surface area contributed by atoms with Crippen molar-refractivity contribution in [2.24, 2.45) is 0 Å². The average Bonchev–Trinajstić information content (AvgIpc) is 3.49. The van der Waals surface area contributed by atoms with Gasteiger partial charge in [0.05, 0.1) is 0 Å². The summed E-state index contributed by atoms with van der Waals surface area (Å²) in [5, 5.41) is 0. The van der Waals surface area contributed by atoms with Crippen LogP contribution >= 0.6 is 0 Å². The van der Waals surface area contributed by atoms with Gasteiger partial charge in [-0.1, -0.05) is 345 Å². The maximum atomic E-state index is 12.9. The van der Waals surface area contributed by atoms with Crippen LogP contribution in [0.4, 0.5) is 0 Å². The first-order valence-electron chi connectivity index (χ1n) is 36.8. The predicted octanol–water partition coefficient (Wildman–Crippen LogP) is 25.5. The van der Waals surface area contributed by atoms with Crippen LogP contribution in [0.3, 0.4) is 0 Å². The first-order valence-corrected chi connectivity index (χ1v) is 36.8. The Morgan fingerprint density at radius 1 is 0.241 bits per heavy atom. The van der Waals surface area contributed by atoms with Gasteiger partial charge in [-0.25, -0.2) is 0 Å². The molecule has 0 aromatic carbocycles. The van der Waals surface area contributed by atoms with Gasteiger partial charge in [0.2, 0.25) is 0 Å². The van der Waals surface area contributed by atoms with Crippen molar-refractivity contribution >= 4 is 17.9 Å². The van der Waals surface area contributed by atoms with Crippen LogP contribution in [0.25, 0.3) is 0 Å². The highest BCUT2D eigenvalue weighted by Crippen LogP contribution is 2.18. The third kappa shape index (κ3) is 69.8. The Balaban J connectivity index is 4.11. The van der Waals surface area contributed by atoms with Crippen molar-refractivity contribution in [1.82, 2.24) is 0 Å². The van der Waals surface area contributed by atoms with Gasteiger partial charge in [-0.05, 0) is 89.9 Å². The van der Waals surface area contributed by atoms with E-state index in [1.165, 1.54) is 276 Å². The summed E-state index contributed by atoms with van der Waals surface area (Å²) in [6.45, 7) is 6.66. The van der Waals surface area contributed by atoms with Gasteiger partial charge in [-0.2, -0.15) is 0 Å². The minimum Gasteiger partial charge on any atom is -0.462 e. The van der Waals surface area contributed by atoms with E-state index in [1.54, 1.807) is 0 Å². The molecule has 0 saturated heterocycles. The third-order valence-electron chi connectivity index (χ3n) is 16.5. The molecule has 1 atom stereocenters.